The number of unbranched alkanes of at least 4 members (excludes halogenated alkanes) is 1. The van der Waals surface area contributed by atoms with Gasteiger partial charge in [-0.05, 0) is 126 Å². The number of guanidine groups is 1. The molecule has 0 saturated heterocycles. The summed E-state index contributed by atoms with van der Waals surface area (Å²) in [6.45, 7) is 19.6. The van der Waals surface area contributed by atoms with Crippen LogP contribution in [-0.2, 0) is 92.7 Å². The fourth-order valence-electron chi connectivity index (χ4n) is 12.5. The van der Waals surface area contributed by atoms with Crippen molar-refractivity contribution in [2.45, 2.75) is 277 Å². The molecule has 16 atom stereocenters. The van der Waals surface area contributed by atoms with E-state index in [1.54, 1.807) is 99.7 Å². The number of benzene rings is 1. The Morgan fingerprint density at radius 3 is 1.30 bits per heavy atom. The number of nitrogens with one attached hydrogen (secondary N) is 15. The van der Waals surface area contributed by atoms with Crippen molar-refractivity contribution in [1.82, 2.24) is 79.4 Å². The van der Waals surface area contributed by atoms with Crippen molar-refractivity contribution in [2.24, 2.45) is 69.0 Å². The van der Waals surface area contributed by atoms with E-state index in [2.05, 4.69) is 84.4 Å². The third-order valence-corrected chi connectivity index (χ3v) is 19.6. The quantitative estimate of drug-likeness (QED) is 0.0168. The Morgan fingerprint density at radius 2 is 0.833 bits per heavy atom. The number of nitrogens with zero attached hydrogens (tertiary/aromatic N) is 1. The maximum atomic E-state index is 14.6. The number of carboxylic acids is 1. The van der Waals surface area contributed by atoms with E-state index in [9.17, 15) is 96.5 Å². The van der Waals surface area contributed by atoms with Crippen LogP contribution in [0, 0.1) is 29.6 Å². The average Bonchev–Trinajstić information content (AvgIpc) is 1.63. The van der Waals surface area contributed by atoms with Crippen LogP contribution in [0.25, 0.3) is 10.9 Å². The SMILES string of the molecule is CC[C@H](C)[C@H](NC(=O)[C@H](CCCN=C(N)N)NC(=O)[C@H](C)NC(=O)[C@H](CCC(N)=O)NC(=O)[C@H](CC(C)C)NC(=O)[C@H](CCC(N)=O)NC(=O)[C@H](CCCCN)NC(=O)[C@@H](NC(=O)CNC(=O)[C@H](Cc1c[nH]c2ccccc12)NC(=O)[C@@H](NC(=O)[C@@H](NC(=O)[C@H](CC(C)C)NC(=O)[C@H](CCC(N)=O)NC(C)=O)[C@@H](C)O)C(C)C)[C@@H](C)CC)C(=O)O. The number of aromatic nitrogens is 1. The van der Waals surface area contributed by atoms with E-state index in [4.69, 9.17) is 34.4 Å². The maximum absolute atomic E-state index is 14.6. The van der Waals surface area contributed by atoms with Crippen molar-refractivity contribution in [3.05, 3.63) is 36.0 Å². The first kappa shape index (κ1) is 104. The highest BCUT2D eigenvalue weighted by Gasteiger charge is 2.40. The van der Waals surface area contributed by atoms with Crippen LogP contribution in [0.15, 0.2) is 35.5 Å². The third-order valence-electron chi connectivity index (χ3n) is 19.6. The van der Waals surface area contributed by atoms with Gasteiger partial charge in [0.2, 0.25) is 100 Å². The number of hydrogen-bond donors (Lipinski definition) is 23. The molecule has 42 nitrogen and oxygen atoms in total. The molecule has 0 fully saturated rings. The topological polar surface area (TPSA) is 700 Å². The first-order valence-electron chi connectivity index (χ1n) is 40.5. The Morgan fingerprint density at radius 1 is 0.433 bits per heavy atom. The summed E-state index contributed by atoms with van der Waals surface area (Å²) < 4.78 is 0. The summed E-state index contributed by atoms with van der Waals surface area (Å²) in [4.78, 5) is 252. The van der Waals surface area contributed by atoms with Gasteiger partial charge < -0.3 is 124 Å². The zero-order chi connectivity index (χ0) is 91.0. The second-order valence-corrected chi connectivity index (χ2v) is 31.3. The normalized spacial score (nSPS) is 15.2. The van der Waals surface area contributed by atoms with E-state index >= 15 is 0 Å². The second-order valence-electron chi connectivity index (χ2n) is 31.3. The number of H-pyrrole nitrogens is 1. The number of carbonyl (C=O) groups excluding carboxylic acids is 17. The Labute approximate surface area is 698 Å². The monoisotopic (exact) mass is 1690 g/mol. The van der Waals surface area contributed by atoms with Crippen molar-refractivity contribution >= 4 is 123 Å². The lowest BCUT2D eigenvalue weighted by Gasteiger charge is -2.30. The Balaban J connectivity index is 2.50. The van der Waals surface area contributed by atoms with Gasteiger partial charge >= 0.3 is 5.97 Å². The van der Waals surface area contributed by atoms with Gasteiger partial charge in [0.15, 0.2) is 5.96 Å². The largest absolute Gasteiger partial charge is 0.480 e. The molecule has 120 heavy (non-hydrogen) atoms. The number of aliphatic imine (C=N–C) groups is 1. The van der Waals surface area contributed by atoms with Crippen LogP contribution in [-0.4, -0.2) is 232 Å². The van der Waals surface area contributed by atoms with Crippen LogP contribution in [0.1, 0.15) is 192 Å². The molecule has 1 aromatic heterocycles. The summed E-state index contributed by atoms with van der Waals surface area (Å²) in [7, 11) is 0. The minimum absolute atomic E-state index is 0.000114. The summed E-state index contributed by atoms with van der Waals surface area (Å²) in [5, 5.41) is 57.0. The molecule has 2 aromatic rings. The molecule has 0 aliphatic rings. The predicted octanol–water partition coefficient (Wildman–Crippen LogP) is -4.55. The second kappa shape index (κ2) is 53.1. The summed E-state index contributed by atoms with van der Waals surface area (Å²) in [6, 6.07) is -12.2. The van der Waals surface area contributed by atoms with Crippen LogP contribution in [0.4, 0.5) is 0 Å². The molecule has 0 aliphatic heterocycles. The lowest BCUT2D eigenvalue weighted by atomic mass is 9.97. The van der Waals surface area contributed by atoms with Gasteiger partial charge in [-0.2, -0.15) is 0 Å². The third kappa shape index (κ3) is 38.0. The van der Waals surface area contributed by atoms with E-state index < -0.39 is 241 Å². The highest BCUT2D eigenvalue weighted by molar-refractivity contribution is 6.01. The number of carbonyl (C=O) groups is 18. The summed E-state index contributed by atoms with van der Waals surface area (Å²) in [6.07, 6.45) is -1.63. The molecule has 0 unspecified atom stereocenters. The zero-order valence-electron chi connectivity index (χ0n) is 70.9. The molecule has 0 radical (unpaired) electrons. The molecule has 0 saturated carbocycles. The van der Waals surface area contributed by atoms with Gasteiger partial charge in [0.25, 0.3) is 0 Å². The number of aliphatic hydroxyl groups is 1. The van der Waals surface area contributed by atoms with E-state index in [1.165, 1.54) is 13.8 Å². The van der Waals surface area contributed by atoms with Crippen LogP contribution in [0.2, 0.25) is 0 Å². The molecular weight excluding hydrogens is 1560 g/mol. The number of hydrogen-bond acceptors (Lipinski definition) is 21. The van der Waals surface area contributed by atoms with Crippen LogP contribution in [0.5, 0.6) is 0 Å². The lowest BCUT2D eigenvalue weighted by Crippen LogP contribution is -2.62. The number of carboxylic acid groups (broad SMARTS) is 1. The summed E-state index contributed by atoms with van der Waals surface area (Å²) >= 11 is 0. The predicted molar refractivity (Wildman–Crippen MR) is 442 cm³/mol. The number of aliphatic carboxylic acids is 1. The highest BCUT2D eigenvalue weighted by atomic mass is 16.4. The number of aromatic amines is 1. The number of aliphatic hydroxyl groups excluding tert-OH is 1. The fraction of sp³-hybridized carbons (Fsp3) is 0.654. The van der Waals surface area contributed by atoms with Crippen LogP contribution >= 0.6 is 0 Å². The first-order valence-corrected chi connectivity index (χ1v) is 40.5. The van der Waals surface area contributed by atoms with Crippen molar-refractivity contribution in [1.29, 1.82) is 0 Å². The van der Waals surface area contributed by atoms with Crippen molar-refractivity contribution in [3.63, 3.8) is 0 Å². The minimum atomic E-state index is -1.75. The number of nitrogens with two attached hydrogens (primary N) is 6. The van der Waals surface area contributed by atoms with Gasteiger partial charge in [-0.3, -0.25) is 86.5 Å². The summed E-state index contributed by atoms with van der Waals surface area (Å²) in [5.74, 6) is -19.6. The Hall–Kier alpha value is -11.6. The molecule has 0 aliphatic carbocycles. The Bertz CT molecular complexity index is 3870. The minimum Gasteiger partial charge on any atom is -0.480 e. The van der Waals surface area contributed by atoms with E-state index in [0.29, 0.717) is 29.3 Å². The number of rotatable bonds is 57. The molecule has 0 spiro atoms. The maximum Gasteiger partial charge on any atom is 0.326 e. The Kier molecular flexibility index (Phi) is 46.2. The van der Waals surface area contributed by atoms with Gasteiger partial charge in [0.1, 0.15) is 78.5 Å². The average molecular weight is 1700 g/mol. The summed E-state index contributed by atoms with van der Waals surface area (Å²) in [5.41, 5.74) is 34.2. The highest BCUT2D eigenvalue weighted by Crippen LogP contribution is 2.21. The lowest BCUT2D eigenvalue weighted by molar-refractivity contribution is -0.144. The van der Waals surface area contributed by atoms with Crippen LogP contribution < -0.4 is 109 Å². The smallest absolute Gasteiger partial charge is 0.326 e. The zero-order valence-corrected chi connectivity index (χ0v) is 70.9. The molecule has 2 rings (SSSR count). The standard InChI is InChI=1S/C78H130N22O20/c1-14-41(9)62(97-60(106)37-87-66(108)56(35-46-36-86-48-22-17-16-21-47(46)48)96-74(116)61(40(7)8)98-76(118)64(44(12)101)100-73(115)55(34-39(5)6)95-69(111)51(89-45(13)102)25-28-57(80)103)75(117)93-49(23-18-19-31-79)68(110)91-53(27-30-59(82)105)70(112)94-54(33-38(3)4)72(114)92-52(26-29-58(81)104)67(109)88-43(11)65(107)90-50(24-20-32-85-78(83)84)71(113)99-63(77(119)120)42(10)15-2/h16-17,21-22,36,38-44,49-56,61-64,86,101H,14-15,18-20,23-35,37,79H2,1-13H3,(H2,80,103)(H2,81,104)(H2,82,105)(H,87,108)(H,88,109)(H,89,102)(H,90,107)(H,91,110)(H,92,114)(H,93,117)(H,94,112)(H,95,111)(H,96,116)(H,97,106)(H,98,118)(H,99,113)(H,100,115)(H,119,120)(H4,83,84,85)/t41-,42-,43-,44+,49-,50-,51-,52-,53-,54-,55-,56-,61-,62-,63-,64-/m0/s1. The van der Waals surface area contributed by atoms with Gasteiger partial charge in [-0.15, -0.1) is 0 Å². The van der Waals surface area contributed by atoms with E-state index in [1.807, 2.05) is 0 Å². The van der Waals surface area contributed by atoms with Crippen molar-refractivity contribution in [3.8, 4) is 0 Å². The van der Waals surface area contributed by atoms with Crippen molar-refractivity contribution in [2.75, 3.05) is 19.6 Å². The number of amides is 17. The van der Waals surface area contributed by atoms with Crippen LogP contribution in [0.3, 0.4) is 0 Å². The van der Waals surface area contributed by atoms with Gasteiger partial charge in [-0.25, -0.2) is 4.79 Å². The van der Waals surface area contributed by atoms with Gasteiger partial charge in [0.05, 0.1) is 12.6 Å². The molecule has 1 aromatic carbocycles. The fourth-order valence-corrected chi connectivity index (χ4v) is 12.5. The van der Waals surface area contributed by atoms with Gasteiger partial charge in [-0.1, -0.05) is 100 Å². The number of fused-ring (bicyclic) bond motifs is 1. The molecule has 1 heterocycles. The molecule has 29 N–H and O–H groups in total. The molecule has 17 amide bonds. The number of para-hydroxylation sites is 1. The molecule has 672 valence electrons. The molecule has 42 heteroatoms. The van der Waals surface area contributed by atoms with E-state index in [0.717, 1.165) is 6.92 Å². The molecular formula is C78H130N22O20. The van der Waals surface area contributed by atoms with E-state index in [-0.39, 0.29) is 95.1 Å². The van der Waals surface area contributed by atoms with Gasteiger partial charge in [0, 0.05) is 56.3 Å². The first-order chi connectivity index (χ1) is 56.2. The molecule has 0 bridgehead atoms. The van der Waals surface area contributed by atoms with Crippen molar-refractivity contribution < 1.29 is 96.5 Å². The number of primary amides is 3.